The second kappa shape index (κ2) is 11.7. The van der Waals surface area contributed by atoms with Crippen LogP contribution in [0.3, 0.4) is 0 Å². The van der Waals surface area contributed by atoms with Crippen LogP contribution in [0.5, 0.6) is 0 Å². The Bertz CT molecular complexity index is 927. The normalized spacial score (nSPS) is 18.3. The molecule has 12 heteroatoms. The molecule has 2 aliphatic rings. The number of morpholine rings is 1. The minimum absolute atomic E-state index is 0.00685. The first kappa shape index (κ1) is 25.3. The van der Waals surface area contributed by atoms with E-state index in [9.17, 15) is 23.3 Å². The molecular weight excluding hydrogens is 452 g/mol. The monoisotopic (exact) mass is 484 g/mol. The molecular formula is C21H32N4O7S. The highest BCUT2D eigenvalue weighted by Gasteiger charge is 2.32. The Labute approximate surface area is 194 Å². The number of piperidine rings is 1. The lowest BCUT2D eigenvalue weighted by Crippen LogP contribution is -2.41. The molecule has 2 saturated heterocycles. The van der Waals surface area contributed by atoms with E-state index < -0.39 is 14.9 Å². The molecule has 1 amide bonds. The van der Waals surface area contributed by atoms with Crippen LogP contribution in [0.4, 0.5) is 11.4 Å². The quantitative estimate of drug-likeness (QED) is 0.299. The summed E-state index contributed by atoms with van der Waals surface area (Å²) in [7, 11) is -3.83. The van der Waals surface area contributed by atoms with Gasteiger partial charge in [-0.15, -0.1) is 0 Å². The van der Waals surface area contributed by atoms with E-state index in [0.29, 0.717) is 64.6 Å². The molecule has 0 atom stereocenters. The first-order chi connectivity index (χ1) is 15.8. The van der Waals surface area contributed by atoms with Crippen molar-refractivity contribution < 1.29 is 27.6 Å². The van der Waals surface area contributed by atoms with Crippen molar-refractivity contribution in [2.24, 2.45) is 5.92 Å². The summed E-state index contributed by atoms with van der Waals surface area (Å²) < 4.78 is 37.5. The molecule has 33 heavy (non-hydrogen) atoms. The molecule has 0 spiro atoms. The molecule has 0 bridgehead atoms. The van der Waals surface area contributed by atoms with Crippen molar-refractivity contribution in [1.82, 2.24) is 9.62 Å². The van der Waals surface area contributed by atoms with Crippen LogP contribution in [0.1, 0.15) is 26.2 Å². The Morgan fingerprint density at radius 3 is 2.58 bits per heavy atom. The van der Waals surface area contributed by atoms with Gasteiger partial charge in [0.2, 0.25) is 15.9 Å². The Hall–Kier alpha value is -2.28. The zero-order valence-corrected chi connectivity index (χ0v) is 19.7. The number of rotatable bonds is 10. The van der Waals surface area contributed by atoms with Gasteiger partial charge in [-0.25, -0.2) is 8.42 Å². The molecule has 2 fully saturated rings. The molecule has 1 aromatic carbocycles. The van der Waals surface area contributed by atoms with Crippen molar-refractivity contribution in [3.8, 4) is 0 Å². The molecule has 0 aromatic heterocycles. The molecule has 2 heterocycles. The first-order valence-electron chi connectivity index (χ1n) is 11.3. The maximum Gasteiger partial charge on any atom is 0.293 e. The number of carbonyl (C=O) groups excluding carboxylic acids is 1. The highest BCUT2D eigenvalue weighted by molar-refractivity contribution is 7.89. The van der Waals surface area contributed by atoms with Crippen LogP contribution in [0.15, 0.2) is 23.1 Å². The lowest BCUT2D eigenvalue weighted by atomic mass is 9.95. The number of hydrogen-bond acceptors (Lipinski definition) is 8. The second-order valence-corrected chi connectivity index (χ2v) is 9.96. The average Bonchev–Trinajstić information content (AvgIpc) is 2.84. The largest absolute Gasteiger partial charge is 0.382 e. The molecule has 1 N–H and O–H groups in total. The summed E-state index contributed by atoms with van der Waals surface area (Å²) in [5.41, 5.74) is 0.125. The summed E-state index contributed by atoms with van der Waals surface area (Å²) in [6.45, 7) is 5.74. The van der Waals surface area contributed by atoms with Gasteiger partial charge in [-0.05, 0) is 38.3 Å². The number of amides is 1. The summed E-state index contributed by atoms with van der Waals surface area (Å²) in [4.78, 5) is 25.4. The van der Waals surface area contributed by atoms with Gasteiger partial charge in [-0.1, -0.05) is 0 Å². The number of nitrogens with zero attached hydrogens (tertiary/aromatic N) is 3. The zero-order chi connectivity index (χ0) is 23.8. The van der Waals surface area contributed by atoms with Gasteiger partial charge >= 0.3 is 0 Å². The van der Waals surface area contributed by atoms with Gasteiger partial charge < -0.3 is 19.7 Å². The average molecular weight is 485 g/mol. The highest BCUT2D eigenvalue weighted by atomic mass is 32.2. The van der Waals surface area contributed by atoms with Gasteiger partial charge in [-0.2, -0.15) is 4.31 Å². The smallest absolute Gasteiger partial charge is 0.293 e. The van der Waals surface area contributed by atoms with Crippen LogP contribution in [0, 0.1) is 16.0 Å². The van der Waals surface area contributed by atoms with E-state index in [4.69, 9.17) is 9.47 Å². The number of benzene rings is 1. The number of nitro groups is 1. The SMILES string of the molecule is CCOCCCNC(=O)C1CCN(c2ccc(S(=O)(=O)N3CCOCC3)cc2[N+](=O)[O-])CC1. The van der Waals surface area contributed by atoms with Crippen LogP contribution < -0.4 is 10.2 Å². The Balaban J connectivity index is 1.64. The third-order valence-corrected chi connectivity index (χ3v) is 7.82. The lowest BCUT2D eigenvalue weighted by molar-refractivity contribution is -0.384. The van der Waals surface area contributed by atoms with Crippen molar-refractivity contribution in [1.29, 1.82) is 0 Å². The molecule has 184 valence electrons. The number of ether oxygens (including phenoxy) is 2. The standard InChI is InChI=1S/C21H32N4O7S/c1-2-31-13-3-8-22-21(26)17-6-9-23(10-7-17)19-5-4-18(16-20(19)25(27)28)33(29,30)24-11-14-32-15-12-24/h4-5,16-17H,2-3,6-15H2,1H3,(H,22,26). The topological polar surface area (TPSA) is 131 Å². The van der Waals surface area contributed by atoms with Gasteiger partial charge in [0, 0.05) is 57.9 Å². The van der Waals surface area contributed by atoms with E-state index >= 15 is 0 Å². The summed E-state index contributed by atoms with van der Waals surface area (Å²) in [6, 6.07) is 4.06. The molecule has 0 unspecified atom stereocenters. The summed E-state index contributed by atoms with van der Waals surface area (Å²) >= 11 is 0. The number of nitrogens with one attached hydrogen (secondary N) is 1. The zero-order valence-electron chi connectivity index (χ0n) is 18.9. The van der Waals surface area contributed by atoms with Crippen molar-refractivity contribution in [3.63, 3.8) is 0 Å². The number of anilines is 1. The summed E-state index contributed by atoms with van der Waals surface area (Å²) in [5.74, 6) is -0.152. The van der Waals surface area contributed by atoms with Crippen LogP contribution in [0.25, 0.3) is 0 Å². The maximum absolute atomic E-state index is 12.9. The lowest BCUT2D eigenvalue weighted by Gasteiger charge is -2.33. The van der Waals surface area contributed by atoms with E-state index in [1.807, 2.05) is 11.8 Å². The second-order valence-electron chi connectivity index (χ2n) is 8.03. The van der Waals surface area contributed by atoms with Gasteiger partial charge in [0.05, 0.1) is 23.0 Å². The van der Waals surface area contributed by atoms with Gasteiger partial charge in [0.15, 0.2) is 0 Å². The minimum Gasteiger partial charge on any atom is -0.382 e. The van der Waals surface area contributed by atoms with E-state index in [0.717, 1.165) is 12.5 Å². The third-order valence-electron chi connectivity index (χ3n) is 5.93. The molecule has 0 aliphatic carbocycles. The molecule has 1 aromatic rings. The van der Waals surface area contributed by atoms with Crippen molar-refractivity contribution >= 4 is 27.3 Å². The number of sulfonamides is 1. The predicted molar refractivity (Wildman–Crippen MR) is 122 cm³/mol. The van der Waals surface area contributed by atoms with E-state index in [1.165, 1.54) is 16.4 Å². The molecule has 2 aliphatic heterocycles. The fourth-order valence-electron chi connectivity index (χ4n) is 4.07. The van der Waals surface area contributed by atoms with Gasteiger partial charge in [-0.3, -0.25) is 14.9 Å². The fourth-order valence-corrected chi connectivity index (χ4v) is 5.50. The minimum atomic E-state index is -3.83. The summed E-state index contributed by atoms with van der Waals surface area (Å²) in [6.07, 6.45) is 1.90. The fraction of sp³-hybridized carbons (Fsp3) is 0.667. The predicted octanol–water partition coefficient (Wildman–Crippen LogP) is 1.37. The van der Waals surface area contributed by atoms with Gasteiger partial charge in [0.1, 0.15) is 5.69 Å². The number of nitro benzene ring substituents is 1. The van der Waals surface area contributed by atoms with Crippen molar-refractivity contribution in [3.05, 3.63) is 28.3 Å². The summed E-state index contributed by atoms with van der Waals surface area (Å²) in [5, 5.41) is 14.7. The maximum atomic E-state index is 12.9. The van der Waals surface area contributed by atoms with Crippen molar-refractivity contribution in [2.75, 3.05) is 64.1 Å². The molecule has 0 saturated carbocycles. The molecule has 11 nitrogen and oxygen atoms in total. The van der Waals surface area contributed by atoms with Gasteiger partial charge in [0.25, 0.3) is 5.69 Å². The number of hydrogen-bond donors (Lipinski definition) is 1. The van der Waals surface area contributed by atoms with Crippen molar-refractivity contribution in [2.45, 2.75) is 31.1 Å². The first-order valence-corrected chi connectivity index (χ1v) is 12.8. The van der Waals surface area contributed by atoms with Crippen LogP contribution in [0.2, 0.25) is 0 Å². The van der Waals surface area contributed by atoms with E-state index in [-0.39, 0.29) is 35.5 Å². The van der Waals surface area contributed by atoms with Crippen LogP contribution in [-0.2, 0) is 24.3 Å². The number of carbonyl (C=O) groups is 1. The molecule has 3 rings (SSSR count). The molecule has 0 radical (unpaired) electrons. The Morgan fingerprint density at radius 1 is 1.24 bits per heavy atom. The third kappa shape index (κ3) is 6.40. The van der Waals surface area contributed by atoms with Crippen LogP contribution >= 0.6 is 0 Å². The van der Waals surface area contributed by atoms with Crippen LogP contribution in [-0.4, -0.2) is 82.7 Å². The highest BCUT2D eigenvalue weighted by Crippen LogP contribution is 2.34. The van der Waals surface area contributed by atoms with E-state index in [1.54, 1.807) is 0 Å². The Kier molecular flexibility index (Phi) is 9.01. The van der Waals surface area contributed by atoms with E-state index in [2.05, 4.69) is 5.32 Å². The Morgan fingerprint density at radius 2 is 1.94 bits per heavy atom.